The first-order chi connectivity index (χ1) is 11.2. The molecular formula is C19H18N3Se+. The van der Waals surface area contributed by atoms with Crippen molar-refractivity contribution in [3.8, 4) is 11.3 Å². The number of nitrogens with zero attached hydrogens (tertiary/aromatic N) is 3. The number of benzene rings is 2. The molecule has 23 heavy (non-hydrogen) atoms. The van der Waals surface area contributed by atoms with Gasteiger partial charge in [0, 0.05) is 0 Å². The van der Waals surface area contributed by atoms with Crippen molar-refractivity contribution < 1.29 is 4.57 Å². The Labute approximate surface area is 142 Å². The number of rotatable bonds is 1. The minimum absolute atomic E-state index is 0.294. The molecule has 0 amide bonds. The van der Waals surface area contributed by atoms with E-state index < -0.39 is 0 Å². The standard InChI is InChI=1S/C19H18N3Se/c1-13-8-9-15-19(18(13)16-12-20-10-11-21(16)2)23-17-7-5-4-6-14(17)22(15)3/h4-12H,1-3H3/q+1. The van der Waals surface area contributed by atoms with Crippen LogP contribution in [0.2, 0.25) is 0 Å². The number of hydrogen-bond donors (Lipinski definition) is 0. The fourth-order valence-electron chi connectivity index (χ4n) is 3.08. The molecule has 0 radical (unpaired) electrons. The van der Waals surface area contributed by atoms with Crippen molar-refractivity contribution in [1.82, 2.24) is 4.98 Å². The van der Waals surface area contributed by atoms with Gasteiger partial charge in [0.1, 0.15) is 0 Å². The number of aromatic nitrogens is 2. The van der Waals surface area contributed by atoms with E-state index >= 15 is 0 Å². The predicted molar refractivity (Wildman–Crippen MR) is 95.1 cm³/mol. The van der Waals surface area contributed by atoms with Crippen LogP contribution in [-0.2, 0) is 7.05 Å². The fourth-order valence-corrected chi connectivity index (χ4v) is 5.92. The van der Waals surface area contributed by atoms with Crippen molar-refractivity contribution >= 4 is 35.3 Å². The summed E-state index contributed by atoms with van der Waals surface area (Å²) in [4.78, 5) is 6.66. The molecule has 1 aliphatic heterocycles. The van der Waals surface area contributed by atoms with Crippen LogP contribution in [0.5, 0.6) is 0 Å². The normalized spacial score (nSPS) is 12.7. The first-order valence-electron chi connectivity index (χ1n) is 7.61. The topological polar surface area (TPSA) is 20.0 Å². The Morgan fingerprint density at radius 3 is 2.74 bits per heavy atom. The molecule has 0 fully saturated rings. The number of para-hydroxylation sites is 1. The summed E-state index contributed by atoms with van der Waals surface area (Å²) in [5.74, 6) is 0. The molecule has 2 heterocycles. The summed E-state index contributed by atoms with van der Waals surface area (Å²) in [6.45, 7) is 2.19. The fraction of sp³-hybridized carbons (Fsp3) is 0.158. The average Bonchev–Trinajstić information content (AvgIpc) is 2.56. The molecule has 0 saturated carbocycles. The zero-order chi connectivity index (χ0) is 16.0. The summed E-state index contributed by atoms with van der Waals surface area (Å²) < 4.78 is 5.04. The molecule has 4 heteroatoms. The van der Waals surface area contributed by atoms with E-state index in [0.717, 1.165) is 0 Å². The van der Waals surface area contributed by atoms with Crippen LogP contribution in [0.15, 0.2) is 55.0 Å². The van der Waals surface area contributed by atoms with Crippen LogP contribution < -0.4 is 18.4 Å². The van der Waals surface area contributed by atoms with Crippen LogP contribution in [-0.4, -0.2) is 27.0 Å². The maximum atomic E-state index is 4.35. The number of fused-ring (bicyclic) bond motifs is 2. The quantitative estimate of drug-likeness (QED) is 0.481. The van der Waals surface area contributed by atoms with Gasteiger partial charge in [0.2, 0.25) is 0 Å². The molecule has 0 atom stereocenters. The van der Waals surface area contributed by atoms with E-state index in [1.54, 1.807) is 0 Å². The molecular weight excluding hydrogens is 349 g/mol. The van der Waals surface area contributed by atoms with Crippen LogP contribution in [0.3, 0.4) is 0 Å². The molecule has 1 aromatic heterocycles. The molecule has 0 aliphatic carbocycles. The molecule has 0 saturated heterocycles. The Kier molecular flexibility index (Phi) is 3.44. The van der Waals surface area contributed by atoms with Gasteiger partial charge in [0.15, 0.2) is 0 Å². The molecule has 0 bridgehead atoms. The van der Waals surface area contributed by atoms with Crippen molar-refractivity contribution in [1.29, 1.82) is 0 Å². The van der Waals surface area contributed by atoms with Crippen LogP contribution >= 0.6 is 0 Å². The van der Waals surface area contributed by atoms with E-state index in [1.165, 1.54) is 37.1 Å². The molecule has 3 nitrogen and oxygen atoms in total. The van der Waals surface area contributed by atoms with Gasteiger partial charge in [0.25, 0.3) is 0 Å². The van der Waals surface area contributed by atoms with Crippen LogP contribution in [0, 0.1) is 6.92 Å². The summed E-state index contributed by atoms with van der Waals surface area (Å²) >= 11 is 0.294. The van der Waals surface area contributed by atoms with Crippen molar-refractivity contribution in [3.05, 3.63) is 60.6 Å². The number of anilines is 2. The zero-order valence-corrected chi connectivity index (χ0v) is 15.2. The van der Waals surface area contributed by atoms with Gasteiger partial charge in [-0.1, -0.05) is 0 Å². The third-order valence-electron chi connectivity index (χ3n) is 4.35. The van der Waals surface area contributed by atoms with Crippen molar-refractivity contribution in [3.63, 3.8) is 0 Å². The van der Waals surface area contributed by atoms with Crippen LogP contribution in [0.4, 0.5) is 11.4 Å². The second-order valence-corrected chi connectivity index (χ2v) is 8.01. The third kappa shape index (κ3) is 2.26. The van der Waals surface area contributed by atoms with E-state index in [1.807, 2.05) is 18.6 Å². The maximum absolute atomic E-state index is 4.35. The van der Waals surface area contributed by atoms with Crippen molar-refractivity contribution in [2.24, 2.45) is 7.05 Å². The first kappa shape index (κ1) is 14.4. The Balaban J connectivity index is 1.98. The van der Waals surface area contributed by atoms with Crippen molar-refractivity contribution in [2.45, 2.75) is 6.92 Å². The summed E-state index contributed by atoms with van der Waals surface area (Å²) in [5.41, 5.74) is 6.46. The van der Waals surface area contributed by atoms with Gasteiger partial charge in [-0.3, -0.25) is 0 Å². The monoisotopic (exact) mass is 368 g/mol. The van der Waals surface area contributed by atoms with E-state index in [2.05, 4.69) is 71.9 Å². The van der Waals surface area contributed by atoms with Gasteiger partial charge in [-0.25, -0.2) is 0 Å². The molecule has 114 valence electrons. The van der Waals surface area contributed by atoms with Crippen molar-refractivity contribution in [2.75, 3.05) is 11.9 Å². The molecule has 2 aromatic carbocycles. The Bertz CT molecular complexity index is 905. The van der Waals surface area contributed by atoms with E-state index in [4.69, 9.17) is 0 Å². The average molecular weight is 367 g/mol. The molecule has 0 unspecified atom stereocenters. The first-order valence-corrected chi connectivity index (χ1v) is 9.32. The predicted octanol–water partition coefficient (Wildman–Crippen LogP) is 1.62. The van der Waals surface area contributed by atoms with Gasteiger partial charge in [0.05, 0.1) is 0 Å². The van der Waals surface area contributed by atoms with E-state index in [-0.39, 0.29) is 0 Å². The molecule has 0 N–H and O–H groups in total. The third-order valence-corrected chi connectivity index (χ3v) is 6.84. The molecule has 0 spiro atoms. The van der Waals surface area contributed by atoms with Crippen LogP contribution in [0.25, 0.3) is 11.3 Å². The van der Waals surface area contributed by atoms with E-state index in [9.17, 15) is 0 Å². The SMILES string of the molecule is Cc1ccc2c(c1-c1cncc[n+]1C)[Se]c1ccccc1N2C. The van der Waals surface area contributed by atoms with Crippen LogP contribution in [0.1, 0.15) is 5.56 Å². The second kappa shape index (κ2) is 5.48. The Morgan fingerprint density at radius 1 is 1.09 bits per heavy atom. The van der Waals surface area contributed by atoms with E-state index in [0.29, 0.717) is 15.0 Å². The zero-order valence-electron chi connectivity index (χ0n) is 13.4. The van der Waals surface area contributed by atoms with Gasteiger partial charge in [-0.2, -0.15) is 0 Å². The minimum atomic E-state index is 0.294. The second-order valence-electron chi connectivity index (χ2n) is 5.81. The summed E-state index contributed by atoms with van der Waals surface area (Å²) in [6.07, 6.45) is 5.82. The summed E-state index contributed by atoms with van der Waals surface area (Å²) in [6, 6.07) is 13.2. The van der Waals surface area contributed by atoms with Gasteiger partial charge < -0.3 is 0 Å². The summed E-state index contributed by atoms with van der Waals surface area (Å²) in [7, 11) is 4.25. The van der Waals surface area contributed by atoms with Gasteiger partial charge in [-0.15, -0.1) is 0 Å². The summed E-state index contributed by atoms with van der Waals surface area (Å²) in [5, 5.41) is 0. The Hall–Kier alpha value is -2.16. The molecule has 4 rings (SSSR count). The number of hydrogen-bond acceptors (Lipinski definition) is 2. The molecule has 3 aromatic rings. The number of aryl methyl sites for hydroxylation is 2. The van der Waals surface area contributed by atoms with Gasteiger partial charge >= 0.3 is 143 Å². The Morgan fingerprint density at radius 2 is 1.91 bits per heavy atom. The molecule has 1 aliphatic rings. The van der Waals surface area contributed by atoms with Gasteiger partial charge in [-0.05, 0) is 0 Å².